The minimum atomic E-state index is -0.380. The monoisotopic (exact) mass is 275 g/mol. The average molecular weight is 275 g/mol. The summed E-state index contributed by atoms with van der Waals surface area (Å²) in [4.78, 5) is 17.2. The van der Waals surface area contributed by atoms with Gasteiger partial charge in [0, 0.05) is 42.1 Å². The van der Waals surface area contributed by atoms with E-state index in [0.717, 1.165) is 41.3 Å². The lowest BCUT2D eigenvalue weighted by Crippen LogP contribution is -2.32. The van der Waals surface area contributed by atoms with Crippen molar-refractivity contribution in [3.63, 3.8) is 0 Å². The fourth-order valence-electron chi connectivity index (χ4n) is 2.18. The average Bonchev–Trinajstić information content (AvgIpc) is 2.47. The molecule has 0 saturated carbocycles. The number of benzene rings is 1. The van der Waals surface area contributed by atoms with Crippen molar-refractivity contribution in [3.05, 3.63) is 40.4 Å². The highest BCUT2D eigenvalue weighted by Gasteiger charge is 2.13. The van der Waals surface area contributed by atoms with Crippen LogP contribution in [0.2, 0.25) is 0 Å². The highest BCUT2D eigenvalue weighted by Crippen LogP contribution is 2.24. The van der Waals surface area contributed by atoms with Crippen LogP contribution in [0.15, 0.2) is 30.3 Å². The van der Waals surface area contributed by atoms with Crippen LogP contribution < -0.4 is 4.90 Å². The lowest BCUT2D eigenvalue weighted by atomic mass is 10.2. The molecule has 1 aromatic heterocycles. The first kappa shape index (κ1) is 12.2. The SMILES string of the molecule is O=[N+]([O-])c1ccc2nc(N3CCSCC3)ccc2c1. The van der Waals surface area contributed by atoms with Gasteiger partial charge in [0.15, 0.2) is 0 Å². The van der Waals surface area contributed by atoms with E-state index in [4.69, 9.17) is 0 Å². The maximum atomic E-state index is 10.7. The van der Waals surface area contributed by atoms with Crippen LogP contribution in [-0.2, 0) is 0 Å². The fourth-order valence-corrected chi connectivity index (χ4v) is 3.09. The van der Waals surface area contributed by atoms with E-state index in [0.29, 0.717) is 0 Å². The molecule has 6 heteroatoms. The quantitative estimate of drug-likeness (QED) is 0.623. The Morgan fingerprint density at radius 2 is 2.00 bits per heavy atom. The summed E-state index contributed by atoms with van der Waals surface area (Å²) in [5.74, 6) is 3.21. The van der Waals surface area contributed by atoms with Gasteiger partial charge in [0.2, 0.25) is 0 Å². The molecule has 1 aliphatic heterocycles. The first-order valence-corrected chi connectivity index (χ1v) is 7.27. The summed E-state index contributed by atoms with van der Waals surface area (Å²) < 4.78 is 0. The molecule has 98 valence electrons. The first-order chi connectivity index (χ1) is 9.24. The van der Waals surface area contributed by atoms with Gasteiger partial charge in [-0.05, 0) is 18.2 Å². The standard InChI is InChI=1S/C13H13N3O2S/c17-16(18)11-2-3-12-10(9-11)1-4-13(14-12)15-5-7-19-8-6-15/h1-4,9H,5-8H2. The highest BCUT2D eigenvalue weighted by molar-refractivity contribution is 7.99. The Bertz CT molecular complexity index is 626. The van der Waals surface area contributed by atoms with E-state index < -0.39 is 0 Å². The normalized spacial score (nSPS) is 15.7. The summed E-state index contributed by atoms with van der Waals surface area (Å²) in [7, 11) is 0. The molecule has 0 unspecified atom stereocenters. The zero-order valence-corrected chi connectivity index (χ0v) is 11.1. The molecular formula is C13H13N3O2S. The van der Waals surface area contributed by atoms with Gasteiger partial charge in [-0.1, -0.05) is 0 Å². The number of fused-ring (bicyclic) bond motifs is 1. The number of pyridine rings is 1. The van der Waals surface area contributed by atoms with Gasteiger partial charge in [-0.3, -0.25) is 10.1 Å². The first-order valence-electron chi connectivity index (χ1n) is 6.12. The molecule has 1 aromatic carbocycles. The smallest absolute Gasteiger partial charge is 0.270 e. The summed E-state index contributed by atoms with van der Waals surface area (Å²) in [6.45, 7) is 2.02. The van der Waals surface area contributed by atoms with Crippen molar-refractivity contribution in [1.82, 2.24) is 4.98 Å². The van der Waals surface area contributed by atoms with Crippen molar-refractivity contribution in [2.24, 2.45) is 0 Å². The molecule has 0 radical (unpaired) electrons. The molecule has 3 rings (SSSR count). The molecule has 0 spiro atoms. The van der Waals surface area contributed by atoms with Crippen LogP contribution in [0.5, 0.6) is 0 Å². The molecule has 0 N–H and O–H groups in total. The van der Waals surface area contributed by atoms with E-state index in [-0.39, 0.29) is 10.6 Å². The summed E-state index contributed by atoms with van der Waals surface area (Å²) in [6.07, 6.45) is 0. The van der Waals surface area contributed by atoms with Gasteiger partial charge in [-0.2, -0.15) is 11.8 Å². The van der Waals surface area contributed by atoms with Crippen LogP contribution in [0.1, 0.15) is 0 Å². The van der Waals surface area contributed by atoms with Crippen LogP contribution in [-0.4, -0.2) is 34.5 Å². The lowest BCUT2D eigenvalue weighted by molar-refractivity contribution is -0.384. The summed E-state index contributed by atoms with van der Waals surface area (Å²) in [5.41, 5.74) is 0.915. The van der Waals surface area contributed by atoms with Crippen molar-refractivity contribution in [1.29, 1.82) is 0 Å². The molecule has 1 aliphatic rings. The topological polar surface area (TPSA) is 59.3 Å². The summed E-state index contributed by atoms with van der Waals surface area (Å²) in [6, 6.07) is 8.65. The highest BCUT2D eigenvalue weighted by atomic mass is 32.2. The number of thioether (sulfide) groups is 1. The Morgan fingerprint density at radius 3 is 2.74 bits per heavy atom. The molecule has 2 aromatic rings. The number of nitro benzene ring substituents is 1. The molecule has 0 aliphatic carbocycles. The van der Waals surface area contributed by atoms with Gasteiger partial charge >= 0.3 is 0 Å². The van der Waals surface area contributed by atoms with Crippen molar-refractivity contribution in [3.8, 4) is 0 Å². The molecule has 1 saturated heterocycles. The maximum absolute atomic E-state index is 10.7. The van der Waals surface area contributed by atoms with E-state index in [1.807, 2.05) is 23.9 Å². The third-order valence-corrected chi connectivity index (χ3v) is 4.15. The Morgan fingerprint density at radius 1 is 1.21 bits per heavy atom. The predicted molar refractivity (Wildman–Crippen MR) is 77.9 cm³/mol. The van der Waals surface area contributed by atoms with Gasteiger partial charge in [0.1, 0.15) is 5.82 Å². The minimum Gasteiger partial charge on any atom is -0.355 e. The summed E-state index contributed by atoms with van der Waals surface area (Å²) >= 11 is 1.96. The molecule has 5 nitrogen and oxygen atoms in total. The molecule has 2 heterocycles. The Labute approximate surface area is 114 Å². The zero-order chi connectivity index (χ0) is 13.2. The number of aromatic nitrogens is 1. The van der Waals surface area contributed by atoms with E-state index in [9.17, 15) is 10.1 Å². The van der Waals surface area contributed by atoms with Gasteiger partial charge in [0.25, 0.3) is 5.69 Å². The second-order valence-corrected chi connectivity index (χ2v) is 5.63. The lowest BCUT2D eigenvalue weighted by Gasteiger charge is -2.27. The minimum absolute atomic E-state index is 0.108. The van der Waals surface area contributed by atoms with Crippen LogP contribution >= 0.6 is 11.8 Å². The second-order valence-electron chi connectivity index (χ2n) is 4.40. The number of hydrogen-bond donors (Lipinski definition) is 0. The third kappa shape index (κ3) is 2.49. The van der Waals surface area contributed by atoms with Crippen LogP contribution in [0, 0.1) is 10.1 Å². The zero-order valence-electron chi connectivity index (χ0n) is 10.3. The van der Waals surface area contributed by atoms with E-state index in [2.05, 4.69) is 9.88 Å². The molecule has 19 heavy (non-hydrogen) atoms. The van der Waals surface area contributed by atoms with Gasteiger partial charge in [0.05, 0.1) is 10.4 Å². The van der Waals surface area contributed by atoms with Gasteiger partial charge in [-0.25, -0.2) is 4.98 Å². The number of rotatable bonds is 2. The van der Waals surface area contributed by atoms with Crippen molar-refractivity contribution >= 4 is 34.2 Å². The number of nitro groups is 1. The maximum Gasteiger partial charge on any atom is 0.270 e. The predicted octanol–water partition coefficient (Wildman–Crippen LogP) is 2.70. The number of anilines is 1. The molecule has 1 fully saturated rings. The number of nitrogens with zero attached hydrogens (tertiary/aromatic N) is 3. The second kappa shape index (κ2) is 5.05. The Hall–Kier alpha value is -1.82. The van der Waals surface area contributed by atoms with Gasteiger partial charge < -0.3 is 4.90 Å². The molecule has 0 atom stereocenters. The molecular weight excluding hydrogens is 262 g/mol. The third-order valence-electron chi connectivity index (χ3n) is 3.20. The molecule has 0 bridgehead atoms. The molecule has 0 amide bonds. The fraction of sp³-hybridized carbons (Fsp3) is 0.308. The van der Waals surface area contributed by atoms with E-state index in [1.165, 1.54) is 6.07 Å². The van der Waals surface area contributed by atoms with Gasteiger partial charge in [-0.15, -0.1) is 0 Å². The van der Waals surface area contributed by atoms with Crippen LogP contribution in [0.25, 0.3) is 10.9 Å². The largest absolute Gasteiger partial charge is 0.355 e. The Balaban J connectivity index is 1.97. The van der Waals surface area contributed by atoms with E-state index >= 15 is 0 Å². The van der Waals surface area contributed by atoms with Crippen molar-refractivity contribution < 1.29 is 4.92 Å². The number of hydrogen-bond acceptors (Lipinski definition) is 5. The van der Waals surface area contributed by atoms with E-state index in [1.54, 1.807) is 12.1 Å². The van der Waals surface area contributed by atoms with Crippen molar-refractivity contribution in [2.75, 3.05) is 29.5 Å². The summed E-state index contributed by atoms with van der Waals surface area (Å²) in [5, 5.41) is 11.5. The van der Waals surface area contributed by atoms with Crippen LogP contribution in [0.3, 0.4) is 0 Å². The number of non-ortho nitro benzene ring substituents is 1. The van der Waals surface area contributed by atoms with Crippen molar-refractivity contribution in [2.45, 2.75) is 0 Å². The van der Waals surface area contributed by atoms with Crippen LogP contribution in [0.4, 0.5) is 11.5 Å². The Kier molecular flexibility index (Phi) is 3.25.